The number of nitrogens with zero attached hydrogens (tertiary/aromatic N) is 5. The van der Waals surface area contributed by atoms with Crippen LogP contribution in [0.1, 0.15) is 35.1 Å². The Morgan fingerprint density at radius 3 is 2.93 bits per heavy atom. The molecule has 0 amide bonds. The molecule has 29 heavy (non-hydrogen) atoms. The number of aromatic nitrogens is 3. The summed E-state index contributed by atoms with van der Waals surface area (Å²) in [6.45, 7) is 4.10. The SMILES string of the molecule is N#Cc1c2c(c3nncn3c1NCC1CCCO1)CN(Cc1ccccc1)CC2. The molecule has 1 N–H and O–H groups in total. The van der Waals surface area contributed by atoms with Crippen LogP contribution in [0, 0.1) is 11.3 Å². The standard InChI is InChI=1S/C22H24N6O/c23-11-19-18-8-9-27(13-16-5-2-1-3-6-16)14-20(18)22-26-25-15-28(22)21(19)24-12-17-7-4-10-29-17/h1-3,5-6,15,17,24H,4,7-10,12-14H2. The summed E-state index contributed by atoms with van der Waals surface area (Å²) in [6, 6.07) is 12.9. The van der Waals surface area contributed by atoms with Gasteiger partial charge < -0.3 is 10.1 Å². The number of anilines is 1. The smallest absolute Gasteiger partial charge is 0.167 e. The number of ether oxygens (including phenoxy) is 1. The summed E-state index contributed by atoms with van der Waals surface area (Å²) in [5.41, 5.74) is 5.07. The average Bonchev–Trinajstić information content (AvgIpc) is 3.45. The third-order valence-electron chi connectivity index (χ3n) is 5.90. The van der Waals surface area contributed by atoms with Crippen LogP contribution in [0.15, 0.2) is 36.7 Å². The molecular formula is C22H24N6O. The van der Waals surface area contributed by atoms with Gasteiger partial charge in [-0.05, 0) is 30.4 Å². The molecule has 3 aromatic rings. The van der Waals surface area contributed by atoms with Crippen molar-refractivity contribution in [2.75, 3.05) is 25.0 Å². The quantitative estimate of drug-likeness (QED) is 0.724. The van der Waals surface area contributed by atoms with E-state index >= 15 is 0 Å². The first-order valence-corrected chi connectivity index (χ1v) is 10.2. The number of rotatable bonds is 5. The number of hydrogen-bond acceptors (Lipinski definition) is 6. The van der Waals surface area contributed by atoms with Crippen molar-refractivity contribution in [1.29, 1.82) is 5.26 Å². The largest absolute Gasteiger partial charge is 0.376 e. The van der Waals surface area contributed by atoms with Gasteiger partial charge in [-0.3, -0.25) is 9.30 Å². The maximum atomic E-state index is 9.98. The maximum absolute atomic E-state index is 9.98. The van der Waals surface area contributed by atoms with Crippen molar-refractivity contribution in [1.82, 2.24) is 19.5 Å². The number of benzene rings is 1. The van der Waals surface area contributed by atoms with E-state index in [1.54, 1.807) is 6.33 Å². The molecule has 1 aromatic carbocycles. The van der Waals surface area contributed by atoms with Crippen molar-refractivity contribution in [3.8, 4) is 6.07 Å². The fourth-order valence-electron chi connectivity index (χ4n) is 4.45. The fraction of sp³-hybridized carbons (Fsp3) is 0.409. The second-order valence-electron chi connectivity index (χ2n) is 7.78. The van der Waals surface area contributed by atoms with Gasteiger partial charge in [-0.1, -0.05) is 30.3 Å². The minimum absolute atomic E-state index is 0.200. The molecule has 7 heteroatoms. The van der Waals surface area contributed by atoms with E-state index in [1.165, 1.54) is 5.56 Å². The predicted octanol–water partition coefficient (Wildman–Crippen LogP) is 2.75. The molecule has 0 bridgehead atoms. The highest BCUT2D eigenvalue weighted by Gasteiger charge is 2.27. The van der Waals surface area contributed by atoms with Gasteiger partial charge in [0.25, 0.3) is 0 Å². The molecule has 4 heterocycles. The summed E-state index contributed by atoms with van der Waals surface area (Å²) in [5.74, 6) is 0.790. The summed E-state index contributed by atoms with van der Waals surface area (Å²) in [5, 5.41) is 22.0. The van der Waals surface area contributed by atoms with Crippen LogP contribution in [-0.4, -0.2) is 45.3 Å². The minimum Gasteiger partial charge on any atom is -0.376 e. The predicted molar refractivity (Wildman–Crippen MR) is 109 cm³/mol. The van der Waals surface area contributed by atoms with Gasteiger partial charge >= 0.3 is 0 Å². The van der Waals surface area contributed by atoms with Gasteiger partial charge in [0.1, 0.15) is 18.2 Å². The fourth-order valence-corrected chi connectivity index (χ4v) is 4.45. The summed E-state index contributed by atoms with van der Waals surface area (Å²) >= 11 is 0. The highest BCUT2D eigenvalue weighted by molar-refractivity contribution is 5.68. The molecule has 0 radical (unpaired) electrons. The first kappa shape index (κ1) is 18.1. The Morgan fingerprint density at radius 1 is 1.24 bits per heavy atom. The number of nitrogens with one attached hydrogen (secondary N) is 1. The van der Waals surface area contributed by atoms with Crippen LogP contribution >= 0.6 is 0 Å². The first-order valence-electron chi connectivity index (χ1n) is 10.2. The van der Waals surface area contributed by atoms with Gasteiger partial charge in [-0.2, -0.15) is 5.26 Å². The number of fused-ring (bicyclic) bond motifs is 3. The Labute approximate surface area is 169 Å². The molecule has 0 saturated carbocycles. The van der Waals surface area contributed by atoms with E-state index in [1.807, 2.05) is 10.5 Å². The summed E-state index contributed by atoms with van der Waals surface area (Å²) < 4.78 is 7.66. The van der Waals surface area contributed by atoms with E-state index < -0.39 is 0 Å². The minimum atomic E-state index is 0.200. The average molecular weight is 388 g/mol. The van der Waals surface area contributed by atoms with E-state index in [-0.39, 0.29) is 6.10 Å². The van der Waals surface area contributed by atoms with E-state index in [9.17, 15) is 5.26 Å². The van der Waals surface area contributed by atoms with Crippen molar-refractivity contribution in [2.24, 2.45) is 0 Å². The zero-order valence-corrected chi connectivity index (χ0v) is 16.3. The van der Waals surface area contributed by atoms with Gasteiger partial charge in [0.15, 0.2) is 5.65 Å². The van der Waals surface area contributed by atoms with Gasteiger partial charge in [-0.25, -0.2) is 0 Å². The lowest BCUT2D eigenvalue weighted by Crippen LogP contribution is -2.32. The molecule has 0 aliphatic carbocycles. The second kappa shape index (κ2) is 7.82. The zero-order valence-electron chi connectivity index (χ0n) is 16.3. The van der Waals surface area contributed by atoms with Crippen LogP contribution in [0.3, 0.4) is 0 Å². The Balaban J connectivity index is 1.47. The molecule has 2 aliphatic heterocycles. The lowest BCUT2D eigenvalue weighted by Gasteiger charge is -2.30. The van der Waals surface area contributed by atoms with Gasteiger partial charge in [0.2, 0.25) is 0 Å². The molecule has 2 aromatic heterocycles. The van der Waals surface area contributed by atoms with Crippen LogP contribution in [0.4, 0.5) is 5.82 Å². The molecule has 7 nitrogen and oxygen atoms in total. The summed E-state index contributed by atoms with van der Waals surface area (Å²) in [6.07, 6.45) is 4.89. The van der Waals surface area contributed by atoms with Crippen LogP contribution < -0.4 is 5.32 Å². The van der Waals surface area contributed by atoms with Gasteiger partial charge in [0.05, 0.1) is 11.7 Å². The van der Waals surface area contributed by atoms with E-state index in [0.29, 0.717) is 12.1 Å². The monoisotopic (exact) mass is 388 g/mol. The lowest BCUT2D eigenvalue weighted by molar-refractivity contribution is 0.120. The van der Waals surface area contributed by atoms with Gasteiger partial charge in [-0.15, -0.1) is 10.2 Å². The molecule has 5 rings (SSSR count). The van der Waals surface area contributed by atoms with Crippen molar-refractivity contribution < 1.29 is 4.74 Å². The van der Waals surface area contributed by atoms with E-state index in [0.717, 1.165) is 68.1 Å². The Morgan fingerprint density at radius 2 is 2.14 bits per heavy atom. The third kappa shape index (κ3) is 3.46. The number of nitriles is 1. The molecule has 1 fully saturated rings. The molecular weight excluding hydrogens is 364 g/mol. The Hall–Kier alpha value is -2.95. The van der Waals surface area contributed by atoms with Crippen molar-refractivity contribution in [2.45, 2.75) is 38.5 Å². The zero-order chi connectivity index (χ0) is 19.6. The summed E-state index contributed by atoms with van der Waals surface area (Å²) in [4.78, 5) is 2.41. The molecule has 1 saturated heterocycles. The third-order valence-corrected chi connectivity index (χ3v) is 5.90. The molecule has 148 valence electrons. The number of hydrogen-bond donors (Lipinski definition) is 1. The van der Waals surface area contributed by atoms with Crippen molar-refractivity contribution in [3.63, 3.8) is 0 Å². The molecule has 1 unspecified atom stereocenters. The maximum Gasteiger partial charge on any atom is 0.167 e. The van der Waals surface area contributed by atoms with Crippen LogP contribution in [0.25, 0.3) is 5.65 Å². The molecule has 1 atom stereocenters. The van der Waals surface area contributed by atoms with Gasteiger partial charge in [0, 0.05) is 38.3 Å². The highest BCUT2D eigenvalue weighted by atomic mass is 16.5. The molecule has 0 spiro atoms. The highest BCUT2D eigenvalue weighted by Crippen LogP contribution is 2.31. The van der Waals surface area contributed by atoms with Crippen LogP contribution in [0.2, 0.25) is 0 Å². The van der Waals surface area contributed by atoms with Crippen LogP contribution in [0.5, 0.6) is 0 Å². The second-order valence-corrected chi connectivity index (χ2v) is 7.78. The van der Waals surface area contributed by atoms with Crippen molar-refractivity contribution >= 4 is 11.5 Å². The van der Waals surface area contributed by atoms with E-state index in [4.69, 9.17) is 4.74 Å². The van der Waals surface area contributed by atoms with Crippen LogP contribution in [-0.2, 0) is 24.2 Å². The number of pyridine rings is 1. The van der Waals surface area contributed by atoms with Crippen molar-refractivity contribution in [3.05, 3.63) is 58.9 Å². The first-order chi connectivity index (χ1) is 14.3. The normalized spacial score (nSPS) is 19.2. The summed E-state index contributed by atoms with van der Waals surface area (Å²) in [7, 11) is 0. The topological polar surface area (TPSA) is 78.5 Å². The lowest BCUT2D eigenvalue weighted by atomic mass is 9.95. The Bertz CT molecular complexity index is 1050. The Kier molecular flexibility index (Phi) is 4.88. The van der Waals surface area contributed by atoms with E-state index in [2.05, 4.69) is 50.7 Å². The molecule has 2 aliphatic rings.